The van der Waals surface area contributed by atoms with Crippen LogP contribution in [0.3, 0.4) is 0 Å². The van der Waals surface area contributed by atoms with Gasteiger partial charge in [-0.3, -0.25) is 4.79 Å². The molecule has 1 amide bonds. The third-order valence-electron chi connectivity index (χ3n) is 8.52. The molecule has 9 nitrogen and oxygen atoms in total. The van der Waals surface area contributed by atoms with Gasteiger partial charge < -0.3 is 19.7 Å². The van der Waals surface area contributed by atoms with E-state index in [1.807, 2.05) is 25.1 Å². The lowest BCUT2D eigenvalue weighted by molar-refractivity contribution is -0.215. The van der Waals surface area contributed by atoms with Crippen LogP contribution in [0.5, 0.6) is 5.88 Å². The molecule has 1 unspecified atom stereocenters. The summed E-state index contributed by atoms with van der Waals surface area (Å²) < 4.78 is 50.1. The SMILES string of the molecule is CC[SH]1NC(=O)c2ccc(-n3ccc(OCCC(C)(C)C(F)(F)F)n3)nc2N2C[C@@H](CCCNc3cccc1n3)CC2(C)C. The van der Waals surface area contributed by atoms with Crippen LogP contribution < -0.4 is 19.7 Å². The van der Waals surface area contributed by atoms with E-state index >= 15 is 0 Å². The summed E-state index contributed by atoms with van der Waals surface area (Å²) in [6.45, 7) is 10.2. The predicted molar refractivity (Wildman–Crippen MR) is 168 cm³/mol. The monoisotopic (exact) mass is 633 g/mol. The van der Waals surface area contributed by atoms with Crippen molar-refractivity contribution in [1.29, 1.82) is 0 Å². The molecule has 3 aromatic rings. The summed E-state index contributed by atoms with van der Waals surface area (Å²) >= 11 is -1.06. The maximum absolute atomic E-state index is 13.9. The van der Waals surface area contributed by atoms with Crippen LogP contribution >= 0.6 is 11.1 Å². The van der Waals surface area contributed by atoms with E-state index in [0.29, 0.717) is 23.1 Å². The van der Waals surface area contributed by atoms with Crippen molar-refractivity contribution >= 4 is 28.6 Å². The van der Waals surface area contributed by atoms with E-state index < -0.39 is 22.7 Å². The van der Waals surface area contributed by atoms with E-state index in [-0.39, 0.29) is 30.4 Å². The van der Waals surface area contributed by atoms with E-state index in [9.17, 15) is 18.0 Å². The van der Waals surface area contributed by atoms with Crippen LogP contribution in [0.15, 0.2) is 47.6 Å². The smallest absolute Gasteiger partial charge is 0.394 e. The van der Waals surface area contributed by atoms with Crippen molar-refractivity contribution in [2.75, 3.05) is 35.7 Å². The van der Waals surface area contributed by atoms with E-state index in [1.54, 1.807) is 24.4 Å². The van der Waals surface area contributed by atoms with Gasteiger partial charge in [-0.2, -0.15) is 13.2 Å². The van der Waals surface area contributed by atoms with Crippen molar-refractivity contribution in [3.8, 4) is 11.7 Å². The number of rotatable bonds is 6. The van der Waals surface area contributed by atoms with Crippen molar-refractivity contribution in [2.45, 2.75) is 77.0 Å². The highest BCUT2D eigenvalue weighted by molar-refractivity contribution is 8.15. The number of alkyl halides is 3. The van der Waals surface area contributed by atoms with Gasteiger partial charge in [0.15, 0.2) is 5.82 Å². The van der Waals surface area contributed by atoms with Crippen LogP contribution in [0, 0.1) is 11.3 Å². The number of amides is 1. The number of carbonyl (C=O) groups is 1. The molecule has 0 radical (unpaired) electrons. The summed E-state index contributed by atoms with van der Waals surface area (Å²) in [6.07, 6.45) is 0.126. The summed E-state index contributed by atoms with van der Waals surface area (Å²) in [7, 11) is 0. The van der Waals surface area contributed by atoms with Crippen LogP contribution in [0.1, 0.15) is 70.7 Å². The van der Waals surface area contributed by atoms with Crippen molar-refractivity contribution in [3.63, 3.8) is 0 Å². The Balaban J connectivity index is 1.45. The van der Waals surface area contributed by atoms with Crippen LogP contribution in [-0.4, -0.2) is 62.8 Å². The van der Waals surface area contributed by atoms with Crippen LogP contribution in [0.25, 0.3) is 5.82 Å². The number of carbonyl (C=O) groups excluding carboxylic acids is 1. The fourth-order valence-corrected chi connectivity index (χ4v) is 7.18. The lowest BCUT2D eigenvalue weighted by atomic mass is 9.89. The van der Waals surface area contributed by atoms with Crippen molar-refractivity contribution < 1.29 is 22.7 Å². The number of fused-ring (bicyclic) bond motifs is 6. The molecule has 13 heteroatoms. The molecule has 44 heavy (non-hydrogen) atoms. The number of halogens is 3. The Kier molecular flexibility index (Phi) is 9.06. The molecule has 2 N–H and O–H groups in total. The van der Waals surface area contributed by atoms with Gasteiger partial charge in [0, 0.05) is 30.9 Å². The standard InChI is InChI=1S/C31H42F3N7O2S/c1-6-44-26-11-7-10-23(36-26)35-16-8-9-21-19-30(4,5)40(20-21)27-22(28(42)39-44)12-13-24(37-27)41-17-14-25(38-41)43-18-15-29(2,3)31(32,33)34/h7,10-14,17,21,44H,6,8-9,15-16,18-20H2,1-5H3,(H,35,36)(H,39,42)/t21-/m0/s1. The van der Waals surface area contributed by atoms with Gasteiger partial charge >= 0.3 is 6.18 Å². The first-order valence-corrected chi connectivity index (χ1v) is 16.6. The van der Waals surface area contributed by atoms with E-state index in [4.69, 9.17) is 14.7 Å². The Morgan fingerprint density at radius 3 is 2.68 bits per heavy atom. The van der Waals surface area contributed by atoms with Crippen LogP contribution in [0.4, 0.5) is 24.8 Å². The maximum Gasteiger partial charge on any atom is 0.394 e. The molecule has 5 rings (SSSR count). The number of hydrogen-bond acceptors (Lipinski definition) is 7. The van der Waals surface area contributed by atoms with Crippen molar-refractivity contribution in [1.82, 2.24) is 24.5 Å². The molecule has 2 atom stereocenters. The Hall–Kier alpha value is -3.48. The minimum Gasteiger partial charge on any atom is -0.477 e. The predicted octanol–water partition coefficient (Wildman–Crippen LogP) is 6.56. The lowest BCUT2D eigenvalue weighted by Crippen LogP contribution is -2.40. The number of hydrogen-bond donors (Lipinski definition) is 3. The summed E-state index contributed by atoms with van der Waals surface area (Å²) in [5.41, 5.74) is -1.62. The van der Waals surface area contributed by atoms with Gasteiger partial charge in [0.05, 0.1) is 22.6 Å². The quantitative estimate of drug-likeness (QED) is 0.265. The first kappa shape index (κ1) is 31.9. The number of nitrogens with zero attached hydrogens (tertiary/aromatic N) is 5. The largest absolute Gasteiger partial charge is 0.477 e. The summed E-state index contributed by atoms with van der Waals surface area (Å²) in [5, 5.41) is 8.73. The third kappa shape index (κ3) is 6.92. The summed E-state index contributed by atoms with van der Waals surface area (Å²) in [6, 6.07) is 11.0. The molecule has 2 aliphatic heterocycles. The molecule has 0 aromatic carbocycles. The molecular weight excluding hydrogens is 591 g/mol. The highest BCUT2D eigenvalue weighted by Gasteiger charge is 2.47. The normalized spacial score (nSPS) is 21.5. The van der Waals surface area contributed by atoms with Gasteiger partial charge in [0.25, 0.3) is 5.91 Å². The topological polar surface area (TPSA) is 97.2 Å². The number of nitrogens with one attached hydrogen (secondary N) is 2. The van der Waals surface area contributed by atoms with Crippen LogP contribution in [0.2, 0.25) is 0 Å². The number of pyridine rings is 2. The molecule has 4 bridgehead atoms. The number of thiol groups is 1. The maximum atomic E-state index is 13.9. The first-order chi connectivity index (χ1) is 20.8. The van der Waals surface area contributed by atoms with Gasteiger partial charge in [-0.1, -0.05) is 26.8 Å². The lowest BCUT2D eigenvalue weighted by Gasteiger charge is -2.34. The number of anilines is 2. The zero-order valence-corrected chi connectivity index (χ0v) is 26.8. The fourth-order valence-electron chi connectivity index (χ4n) is 5.73. The van der Waals surface area contributed by atoms with E-state index in [1.165, 1.54) is 4.68 Å². The second-order valence-corrected chi connectivity index (χ2v) is 14.9. The number of aromatic nitrogens is 4. The van der Waals surface area contributed by atoms with Gasteiger partial charge in [-0.25, -0.2) is 14.6 Å². The van der Waals surface area contributed by atoms with Crippen molar-refractivity contribution in [3.05, 3.63) is 48.2 Å². The molecule has 1 saturated heterocycles. The minimum atomic E-state index is -4.32. The fraction of sp³-hybridized carbons (Fsp3) is 0.548. The Morgan fingerprint density at radius 2 is 1.93 bits per heavy atom. The molecule has 5 heterocycles. The molecule has 3 aromatic heterocycles. The average Bonchev–Trinajstić information content (AvgIpc) is 3.56. The van der Waals surface area contributed by atoms with Crippen LogP contribution in [-0.2, 0) is 0 Å². The third-order valence-corrected chi connectivity index (χ3v) is 10.4. The van der Waals surface area contributed by atoms with Gasteiger partial charge in [0.1, 0.15) is 11.6 Å². The highest BCUT2D eigenvalue weighted by atomic mass is 32.2. The molecule has 240 valence electrons. The Morgan fingerprint density at radius 1 is 1.14 bits per heavy atom. The number of ether oxygens (including phenoxy) is 1. The molecule has 0 spiro atoms. The second-order valence-electron chi connectivity index (χ2n) is 12.7. The Labute approximate surface area is 259 Å². The molecular formula is C31H42F3N7O2S. The minimum absolute atomic E-state index is 0.127. The van der Waals surface area contributed by atoms with Gasteiger partial charge in [0.2, 0.25) is 5.88 Å². The molecule has 1 fully saturated rings. The Bertz CT molecular complexity index is 1480. The average molecular weight is 634 g/mol. The van der Waals surface area contributed by atoms with E-state index in [2.05, 4.69) is 33.9 Å². The second kappa shape index (κ2) is 12.5. The van der Waals surface area contributed by atoms with Gasteiger partial charge in [-0.05, 0) is 75.5 Å². The zero-order chi connectivity index (χ0) is 31.7. The summed E-state index contributed by atoms with van der Waals surface area (Å²) in [5.74, 6) is 3.03. The molecule has 0 saturated carbocycles. The molecule has 0 aliphatic carbocycles. The zero-order valence-electron chi connectivity index (χ0n) is 25.9. The first-order valence-electron chi connectivity index (χ1n) is 15.1. The van der Waals surface area contributed by atoms with E-state index in [0.717, 1.165) is 62.8 Å². The van der Waals surface area contributed by atoms with Gasteiger partial charge in [-0.15, -0.1) is 16.2 Å². The van der Waals surface area contributed by atoms with Crippen molar-refractivity contribution in [2.24, 2.45) is 11.3 Å². The highest BCUT2D eigenvalue weighted by Crippen LogP contribution is 2.41. The summed E-state index contributed by atoms with van der Waals surface area (Å²) in [4.78, 5) is 25.9. The molecule has 2 aliphatic rings.